The van der Waals surface area contributed by atoms with Gasteiger partial charge in [0.1, 0.15) is 5.82 Å². The van der Waals surface area contributed by atoms with E-state index in [-0.39, 0.29) is 29.6 Å². The zero-order valence-electron chi connectivity index (χ0n) is 15.0. The van der Waals surface area contributed by atoms with E-state index in [9.17, 15) is 9.18 Å². The lowest BCUT2D eigenvalue weighted by Gasteiger charge is -2.19. The van der Waals surface area contributed by atoms with Crippen molar-refractivity contribution in [1.82, 2.24) is 4.90 Å². The van der Waals surface area contributed by atoms with Gasteiger partial charge in [0.2, 0.25) is 0 Å². The summed E-state index contributed by atoms with van der Waals surface area (Å²) in [6.45, 7) is 1.79. The van der Waals surface area contributed by atoms with E-state index in [4.69, 9.17) is 21.1 Å². The Labute approximate surface area is 157 Å². The van der Waals surface area contributed by atoms with Gasteiger partial charge >= 0.3 is 0 Å². The number of rotatable bonds is 7. The van der Waals surface area contributed by atoms with Crippen molar-refractivity contribution in [2.24, 2.45) is 0 Å². The number of benzene rings is 2. The number of allylic oxidation sites excluding steroid dienone is 1. The highest BCUT2D eigenvalue weighted by atomic mass is 35.5. The summed E-state index contributed by atoms with van der Waals surface area (Å²) < 4.78 is 24.7. The van der Waals surface area contributed by atoms with Crippen molar-refractivity contribution in [3.8, 4) is 11.5 Å². The zero-order chi connectivity index (χ0) is 19.1. The maximum Gasteiger partial charge on any atom is 0.260 e. The summed E-state index contributed by atoms with van der Waals surface area (Å²) in [5, 5.41) is 0.284. The number of carbonyl (C=O) groups is 1. The smallest absolute Gasteiger partial charge is 0.260 e. The Morgan fingerprint density at radius 3 is 2.69 bits per heavy atom. The van der Waals surface area contributed by atoms with Gasteiger partial charge in [0.25, 0.3) is 5.91 Å². The van der Waals surface area contributed by atoms with Crippen LogP contribution in [0.25, 0.3) is 6.08 Å². The van der Waals surface area contributed by atoms with Crippen molar-refractivity contribution >= 4 is 23.6 Å². The number of likely N-dealkylation sites (N-methyl/N-ethyl adjacent to an activating group) is 1. The van der Waals surface area contributed by atoms with Gasteiger partial charge in [0, 0.05) is 24.2 Å². The minimum absolute atomic E-state index is 0.0606. The molecule has 1 amide bonds. The third kappa shape index (κ3) is 4.99. The number of halogens is 2. The molecule has 138 valence electrons. The van der Waals surface area contributed by atoms with Crippen LogP contribution in [0.4, 0.5) is 4.39 Å². The van der Waals surface area contributed by atoms with Gasteiger partial charge in [-0.25, -0.2) is 4.39 Å². The second kappa shape index (κ2) is 9.25. The van der Waals surface area contributed by atoms with Crippen LogP contribution >= 0.6 is 11.6 Å². The summed E-state index contributed by atoms with van der Waals surface area (Å²) in [5.41, 5.74) is 1.24. The van der Waals surface area contributed by atoms with E-state index in [1.54, 1.807) is 19.2 Å². The van der Waals surface area contributed by atoms with Gasteiger partial charge in [0.05, 0.1) is 7.11 Å². The molecular weight excluding hydrogens is 357 g/mol. The molecule has 0 aromatic heterocycles. The van der Waals surface area contributed by atoms with Crippen LogP contribution in [-0.4, -0.2) is 31.6 Å². The molecule has 0 aliphatic carbocycles. The molecule has 2 aromatic rings. The van der Waals surface area contributed by atoms with E-state index >= 15 is 0 Å². The van der Waals surface area contributed by atoms with Crippen LogP contribution in [0.3, 0.4) is 0 Å². The molecule has 6 heteroatoms. The maximum absolute atomic E-state index is 13.8. The van der Waals surface area contributed by atoms with Crippen molar-refractivity contribution in [3.05, 3.63) is 64.4 Å². The van der Waals surface area contributed by atoms with E-state index in [0.717, 1.165) is 5.56 Å². The Kier molecular flexibility index (Phi) is 7.04. The highest BCUT2D eigenvalue weighted by Crippen LogP contribution is 2.28. The van der Waals surface area contributed by atoms with Crippen LogP contribution in [0, 0.1) is 5.82 Å². The third-order valence-corrected chi connectivity index (χ3v) is 4.13. The first-order valence-corrected chi connectivity index (χ1v) is 8.44. The van der Waals surface area contributed by atoms with Crippen molar-refractivity contribution in [1.29, 1.82) is 0 Å². The minimum atomic E-state index is -0.445. The van der Waals surface area contributed by atoms with E-state index in [1.807, 2.05) is 31.2 Å². The van der Waals surface area contributed by atoms with Gasteiger partial charge in [-0.1, -0.05) is 35.9 Å². The molecule has 4 nitrogen and oxygen atoms in total. The lowest BCUT2D eigenvalue weighted by atomic mass is 10.2. The zero-order valence-corrected chi connectivity index (χ0v) is 15.7. The molecule has 0 saturated carbocycles. The van der Waals surface area contributed by atoms with E-state index < -0.39 is 5.82 Å². The molecule has 0 radical (unpaired) electrons. The molecule has 0 bridgehead atoms. The SMILES string of the molecule is C/C=C/c1ccc(OCC(=O)N(C)Cc2c(F)cccc2Cl)c(OC)c1. The molecule has 0 N–H and O–H groups in total. The van der Waals surface area contributed by atoms with Gasteiger partial charge in [-0.05, 0) is 36.8 Å². The number of hydrogen-bond donors (Lipinski definition) is 0. The molecule has 26 heavy (non-hydrogen) atoms. The van der Waals surface area contributed by atoms with Crippen LogP contribution in [0.2, 0.25) is 5.02 Å². The number of carbonyl (C=O) groups excluding carboxylic acids is 1. The molecule has 0 saturated heterocycles. The predicted molar refractivity (Wildman–Crippen MR) is 101 cm³/mol. The Bertz CT molecular complexity index is 787. The summed E-state index contributed by atoms with van der Waals surface area (Å²) in [6.07, 6.45) is 3.85. The molecule has 0 fully saturated rings. The van der Waals surface area contributed by atoms with Gasteiger partial charge in [-0.2, -0.15) is 0 Å². The molecule has 0 aliphatic heterocycles. The fourth-order valence-electron chi connectivity index (χ4n) is 2.36. The minimum Gasteiger partial charge on any atom is -0.493 e. The fraction of sp³-hybridized carbons (Fsp3) is 0.250. The average molecular weight is 378 g/mol. The number of ether oxygens (including phenoxy) is 2. The molecule has 0 aliphatic rings. The van der Waals surface area contributed by atoms with Gasteiger partial charge < -0.3 is 14.4 Å². The van der Waals surface area contributed by atoms with Crippen LogP contribution in [-0.2, 0) is 11.3 Å². The average Bonchev–Trinajstić information content (AvgIpc) is 2.63. The first-order chi connectivity index (χ1) is 12.5. The van der Waals surface area contributed by atoms with Crippen LogP contribution in [0.5, 0.6) is 11.5 Å². The molecule has 0 unspecified atom stereocenters. The first kappa shape index (κ1) is 19.8. The van der Waals surface area contributed by atoms with E-state index in [1.165, 1.54) is 24.1 Å². The third-order valence-electron chi connectivity index (χ3n) is 3.78. The molecule has 0 spiro atoms. The molecular formula is C20H21ClFNO3. The number of amides is 1. The molecule has 0 atom stereocenters. The molecule has 2 aromatic carbocycles. The van der Waals surface area contributed by atoms with Crippen molar-refractivity contribution < 1.29 is 18.7 Å². The quantitative estimate of drug-likeness (QED) is 0.710. The molecule has 2 rings (SSSR count). The summed E-state index contributed by atoms with van der Waals surface area (Å²) >= 11 is 6.00. The molecule has 0 heterocycles. The Hall–Kier alpha value is -2.53. The summed E-state index contributed by atoms with van der Waals surface area (Å²) in [5.74, 6) is 0.253. The fourth-order valence-corrected chi connectivity index (χ4v) is 2.58. The van der Waals surface area contributed by atoms with Crippen molar-refractivity contribution in [3.63, 3.8) is 0 Å². The summed E-state index contributed by atoms with van der Waals surface area (Å²) in [4.78, 5) is 13.7. The van der Waals surface area contributed by atoms with Gasteiger partial charge in [0.15, 0.2) is 18.1 Å². The highest BCUT2D eigenvalue weighted by molar-refractivity contribution is 6.31. The Morgan fingerprint density at radius 1 is 1.27 bits per heavy atom. The lowest BCUT2D eigenvalue weighted by molar-refractivity contribution is -0.132. The van der Waals surface area contributed by atoms with Crippen LogP contribution in [0.15, 0.2) is 42.5 Å². The van der Waals surface area contributed by atoms with Crippen molar-refractivity contribution in [2.75, 3.05) is 20.8 Å². The van der Waals surface area contributed by atoms with Gasteiger partial charge in [-0.3, -0.25) is 4.79 Å². The van der Waals surface area contributed by atoms with Crippen molar-refractivity contribution in [2.45, 2.75) is 13.5 Å². The van der Waals surface area contributed by atoms with E-state index in [2.05, 4.69) is 0 Å². The normalized spacial score (nSPS) is 10.8. The second-order valence-corrected chi connectivity index (χ2v) is 6.06. The largest absolute Gasteiger partial charge is 0.493 e. The Morgan fingerprint density at radius 2 is 2.04 bits per heavy atom. The maximum atomic E-state index is 13.8. The standard InChI is InChI=1S/C20H21ClFNO3/c1-4-6-14-9-10-18(19(11-14)25-3)26-13-20(24)23(2)12-15-16(21)7-5-8-17(15)22/h4-11H,12-13H2,1-3H3/b6-4+. The predicted octanol–water partition coefficient (Wildman–Crippen LogP) is 4.56. The van der Waals surface area contributed by atoms with Crippen LogP contribution in [0.1, 0.15) is 18.1 Å². The lowest BCUT2D eigenvalue weighted by Crippen LogP contribution is -2.31. The first-order valence-electron chi connectivity index (χ1n) is 8.06. The van der Waals surface area contributed by atoms with Crippen LogP contribution < -0.4 is 9.47 Å². The number of hydrogen-bond acceptors (Lipinski definition) is 3. The second-order valence-electron chi connectivity index (χ2n) is 5.65. The van der Waals surface area contributed by atoms with E-state index in [0.29, 0.717) is 11.5 Å². The van der Waals surface area contributed by atoms with Gasteiger partial charge in [-0.15, -0.1) is 0 Å². The summed E-state index contributed by atoms with van der Waals surface area (Å²) in [6, 6.07) is 9.86. The number of methoxy groups -OCH3 is 1. The number of nitrogens with zero attached hydrogens (tertiary/aromatic N) is 1. The Balaban J connectivity index is 2.02. The summed E-state index contributed by atoms with van der Waals surface area (Å²) in [7, 11) is 3.11. The highest BCUT2D eigenvalue weighted by Gasteiger charge is 2.16. The topological polar surface area (TPSA) is 38.8 Å². The monoisotopic (exact) mass is 377 g/mol.